The summed E-state index contributed by atoms with van der Waals surface area (Å²) in [7, 11) is -2.30. The van der Waals surface area contributed by atoms with Crippen molar-refractivity contribution in [3.8, 4) is 6.07 Å². The lowest BCUT2D eigenvalue weighted by atomic mass is 10.2. The summed E-state index contributed by atoms with van der Waals surface area (Å²) < 4.78 is 26.4. The molecule has 0 spiro atoms. The largest absolute Gasteiger partial charge is 0.261 e. The van der Waals surface area contributed by atoms with E-state index < -0.39 is 10.0 Å². The summed E-state index contributed by atoms with van der Waals surface area (Å²) in [5, 5.41) is 9.35. The molecular weight excluding hydrogens is 322 g/mol. The molecule has 2 rings (SSSR count). The average molecular weight is 336 g/mol. The molecule has 2 aromatic rings. The van der Waals surface area contributed by atoms with Gasteiger partial charge in [-0.15, -0.1) is 0 Å². The molecule has 0 bridgehead atoms. The summed E-state index contributed by atoms with van der Waals surface area (Å²) in [5.74, 6) is 0. The first-order valence-corrected chi connectivity index (χ1v) is 8.33. The number of sulfonamides is 1. The number of rotatable bonds is 5. The van der Waals surface area contributed by atoms with Crippen LogP contribution in [0.1, 0.15) is 11.3 Å². The molecule has 0 amide bonds. The van der Waals surface area contributed by atoms with Crippen molar-refractivity contribution in [1.29, 1.82) is 5.26 Å². The maximum Gasteiger partial charge on any atom is 0.244 e. The number of hydrogen-bond acceptors (Lipinski definition) is 4. The van der Waals surface area contributed by atoms with Gasteiger partial charge in [0.25, 0.3) is 0 Å². The van der Waals surface area contributed by atoms with E-state index in [0.717, 1.165) is 5.69 Å². The van der Waals surface area contributed by atoms with Crippen molar-refractivity contribution in [3.05, 3.63) is 58.9 Å². The number of nitriles is 1. The van der Waals surface area contributed by atoms with E-state index in [9.17, 15) is 8.42 Å². The van der Waals surface area contributed by atoms with Crippen LogP contribution in [0.4, 0.5) is 0 Å². The molecule has 7 heteroatoms. The highest BCUT2D eigenvalue weighted by molar-refractivity contribution is 7.89. The Balaban J connectivity index is 2.23. The Labute approximate surface area is 134 Å². The Hall–Kier alpha value is -1.94. The van der Waals surface area contributed by atoms with Crippen molar-refractivity contribution < 1.29 is 8.42 Å². The molecule has 114 valence electrons. The molecule has 0 atom stereocenters. The van der Waals surface area contributed by atoms with Gasteiger partial charge in [-0.1, -0.05) is 17.7 Å². The third-order valence-corrected chi connectivity index (χ3v) is 5.29. The minimum absolute atomic E-state index is 0.0778. The summed E-state index contributed by atoms with van der Waals surface area (Å²) in [6.07, 6.45) is 2.15. The zero-order valence-corrected chi connectivity index (χ0v) is 13.5. The van der Waals surface area contributed by atoms with Crippen LogP contribution < -0.4 is 0 Å². The Kier molecular flexibility index (Phi) is 5.14. The van der Waals surface area contributed by atoms with Crippen LogP contribution in [-0.2, 0) is 16.4 Å². The van der Waals surface area contributed by atoms with Gasteiger partial charge in [-0.25, -0.2) is 12.7 Å². The van der Waals surface area contributed by atoms with E-state index >= 15 is 0 Å². The summed E-state index contributed by atoms with van der Waals surface area (Å²) in [6, 6.07) is 11.6. The molecule has 0 saturated heterocycles. The minimum Gasteiger partial charge on any atom is -0.261 e. The maximum atomic E-state index is 12.6. The zero-order chi connectivity index (χ0) is 16.2. The molecule has 0 N–H and O–H groups in total. The van der Waals surface area contributed by atoms with Gasteiger partial charge in [0.15, 0.2) is 0 Å². The van der Waals surface area contributed by atoms with Crippen LogP contribution in [0.15, 0.2) is 47.5 Å². The summed E-state index contributed by atoms with van der Waals surface area (Å²) in [6.45, 7) is 0.261. The van der Waals surface area contributed by atoms with Crippen LogP contribution in [0.3, 0.4) is 0 Å². The zero-order valence-electron chi connectivity index (χ0n) is 11.9. The molecule has 0 aliphatic rings. The Morgan fingerprint density at radius 3 is 2.73 bits per heavy atom. The fraction of sp³-hybridized carbons (Fsp3) is 0.200. The first kappa shape index (κ1) is 16.4. The second kappa shape index (κ2) is 6.88. The molecule has 5 nitrogen and oxygen atoms in total. The van der Waals surface area contributed by atoms with Crippen LogP contribution in [-0.4, -0.2) is 31.3 Å². The highest BCUT2D eigenvalue weighted by Crippen LogP contribution is 2.23. The molecule has 1 aromatic heterocycles. The van der Waals surface area contributed by atoms with Crippen LogP contribution in [0.2, 0.25) is 5.02 Å². The molecule has 0 fully saturated rings. The Morgan fingerprint density at radius 2 is 2.09 bits per heavy atom. The van der Waals surface area contributed by atoms with Crippen LogP contribution in [0, 0.1) is 11.3 Å². The average Bonchev–Trinajstić information content (AvgIpc) is 2.53. The second-order valence-corrected chi connectivity index (χ2v) is 7.10. The number of pyridine rings is 1. The third kappa shape index (κ3) is 3.63. The van der Waals surface area contributed by atoms with Crippen LogP contribution in [0.5, 0.6) is 0 Å². The molecule has 0 aliphatic heterocycles. The maximum absolute atomic E-state index is 12.6. The normalized spacial score (nSPS) is 11.4. The second-order valence-electron chi connectivity index (χ2n) is 4.65. The lowest BCUT2D eigenvalue weighted by Gasteiger charge is -2.18. The number of halogens is 1. The molecule has 22 heavy (non-hydrogen) atoms. The predicted molar refractivity (Wildman–Crippen MR) is 83.9 cm³/mol. The Morgan fingerprint density at radius 1 is 1.32 bits per heavy atom. The van der Waals surface area contributed by atoms with Gasteiger partial charge in [0.05, 0.1) is 5.56 Å². The van der Waals surface area contributed by atoms with E-state index in [0.29, 0.717) is 6.42 Å². The standard InChI is InChI=1S/C15H14ClN3O2S/c1-19(9-7-14-4-2-3-8-18-14)22(20,21)15-10-13(16)6-5-12(15)11-17/h2-6,8,10H,7,9H2,1H3. The number of benzene rings is 1. The van der Waals surface area contributed by atoms with Crippen molar-refractivity contribution in [2.75, 3.05) is 13.6 Å². The van der Waals surface area contributed by atoms with E-state index in [1.807, 2.05) is 18.2 Å². The van der Waals surface area contributed by atoms with Gasteiger partial charge in [-0.3, -0.25) is 4.98 Å². The van der Waals surface area contributed by atoms with Gasteiger partial charge in [0.2, 0.25) is 10.0 Å². The summed E-state index contributed by atoms with van der Waals surface area (Å²) >= 11 is 5.86. The molecule has 1 aromatic carbocycles. The van der Waals surface area contributed by atoms with Gasteiger partial charge >= 0.3 is 0 Å². The summed E-state index contributed by atoms with van der Waals surface area (Å²) in [4.78, 5) is 4.08. The molecule has 0 saturated carbocycles. The molecule has 0 unspecified atom stereocenters. The van der Waals surface area contributed by atoms with Crippen LogP contribution in [0.25, 0.3) is 0 Å². The van der Waals surface area contributed by atoms with Gasteiger partial charge in [0, 0.05) is 36.9 Å². The lowest BCUT2D eigenvalue weighted by molar-refractivity contribution is 0.471. The lowest BCUT2D eigenvalue weighted by Crippen LogP contribution is -2.29. The van der Waals surface area contributed by atoms with Crippen molar-refractivity contribution in [2.45, 2.75) is 11.3 Å². The third-order valence-electron chi connectivity index (χ3n) is 3.16. The SMILES string of the molecule is CN(CCc1ccccn1)S(=O)(=O)c1cc(Cl)ccc1C#N. The number of hydrogen-bond donors (Lipinski definition) is 0. The molecule has 0 radical (unpaired) electrons. The van der Waals surface area contributed by atoms with E-state index in [4.69, 9.17) is 16.9 Å². The fourth-order valence-corrected chi connectivity index (χ4v) is 3.48. The van der Waals surface area contributed by atoms with Gasteiger partial charge < -0.3 is 0 Å². The van der Waals surface area contributed by atoms with Gasteiger partial charge in [-0.2, -0.15) is 5.26 Å². The highest BCUT2D eigenvalue weighted by atomic mass is 35.5. The molecule has 1 heterocycles. The van der Waals surface area contributed by atoms with Gasteiger partial charge in [-0.05, 0) is 30.3 Å². The van der Waals surface area contributed by atoms with Gasteiger partial charge in [0.1, 0.15) is 11.0 Å². The van der Waals surface area contributed by atoms with E-state index in [2.05, 4.69) is 4.98 Å². The number of nitrogens with zero attached hydrogens (tertiary/aromatic N) is 3. The first-order chi connectivity index (χ1) is 10.4. The van der Waals surface area contributed by atoms with Crippen molar-refractivity contribution in [2.24, 2.45) is 0 Å². The Bertz CT molecular complexity index is 801. The quantitative estimate of drug-likeness (QED) is 0.841. The smallest absolute Gasteiger partial charge is 0.244 e. The van der Waals surface area contributed by atoms with E-state index in [1.165, 1.54) is 29.6 Å². The van der Waals surface area contributed by atoms with Crippen molar-refractivity contribution >= 4 is 21.6 Å². The first-order valence-electron chi connectivity index (χ1n) is 6.51. The van der Waals surface area contributed by atoms with Crippen molar-refractivity contribution in [1.82, 2.24) is 9.29 Å². The fourth-order valence-electron chi connectivity index (χ4n) is 1.91. The molecule has 0 aliphatic carbocycles. The van der Waals surface area contributed by atoms with E-state index in [-0.39, 0.29) is 22.0 Å². The molecular formula is C15H14ClN3O2S. The van der Waals surface area contributed by atoms with Crippen LogP contribution >= 0.6 is 11.6 Å². The van der Waals surface area contributed by atoms with E-state index in [1.54, 1.807) is 12.3 Å². The topological polar surface area (TPSA) is 74.1 Å². The minimum atomic E-state index is -3.78. The summed E-state index contributed by atoms with van der Waals surface area (Å²) in [5.41, 5.74) is 0.880. The van der Waals surface area contributed by atoms with Crippen molar-refractivity contribution in [3.63, 3.8) is 0 Å². The monoisotopic (exact) mass is 335 g/mol. The highest BCUT2D eigenvalue weighted by Gasteiger charge is 2.24. The predicted octanol–water partition coefficient (Wildman–Crippen LogP) is 2.47. The number of aromatic nitrogens is 1. The number of likely N-dealkylation sites (N-methyl/N-ethyl adjacent to an activating group) is 1.